The molecule has 0 heterocycles. The fourth-order valence-electron chi connectivity index (χ4n) is 3.91. The summed E-state index contributed by atoms with van der Waals surface area (Å²) in [6.45, 7) is 14.8. The molecule has 1 unspecified atom stereocenters. The Kier molecular flexibility index (Phi) is 10.6. The third-order valence-electron chi connectivity index (χ3n) is 5.80. The summed E-state index contributed by atoms with van der Waals surface area (Å²) in [5.74, 6) is 0.835. The summed E-state index contributed by atoms with van der Waals surface area (Å²) in [7, 11) is -0.253. The van der Waals surface area contributed by atoms with Crippen LogP contribution in [0.4, 0.5) is 0 Å². The van der Waals surface area contributed by atoms with Gasteiger partial charge in [-0.1, -0.05) is 0 Å². The molecule has 0 nitrogen and oxygen atoms in total. The van der Waals surface area contributed by atoms with Crippen LogP contribution in [0.15, 0.2) is 81.3 Å². The van der Waals surface area contributed by atoms with Gasteiger partial charge in [0.15, 0.2) is 0 Å². The number of hydrogen-bond donors (Lipinski definition) is 0. The van der Waals surface area contributed by atoms with E-state index in [2.05, 4.69) is 101 Å². The Morgan fingerprint density at radius 3 is 1.62 bits per heavy atom. The summed E-state index contributed by atoms with van der Waals surface area (Å²) < 4.78 is 1.85. The van der Waals surface area contributed by atoms with Gasteiger partial charge >= 0.3 is 177 Å². The molecule has 0 spiro atoms. The molecule has 1 aliphatic carbocycles. The summed E-state index contributed by atoms with van der Waals surface area (Å²) in [4.78, 5) is 0. The largest absolute Gasteiger partial charge is 1.00 e. The van der Waals surface area contributed by atoms with E-state index >= 15 is 0 Å². The van der Waals surface area contributed by atoms with Crippen molar-refractivity contribution in [2.45, 2.75) is 40.8 Å². The topological polar surface area (TPSA) is 0 Å². The van der Waals surface area contributed by atoms with Crippen LogP contribution in [0, 0.1) is 5.92 Å². The zero-order valence-electron chi connectivity index (χ0n) is 18.3. The van der Waals surface area contributed by atoms with Crippen molar-refractivity contribution in [1.29, 1.82) is 0 Å². The normalized spacial score (nSPS) is 16.4. The number of rotatable bonds is 6. The molecule has 2 aromatic carbocycles. The zero-order valence-corrected chi connectivity index (χ0v) is 23.2. The molecule has 0 bridgehead atoms. The molecule has 0 amide bonds. The number of benzene rings is 2. The molecule has 0 saturated carbocycles. The third kappa shape index (κ3) is 6.42. The van der Waals surface area contributed by atoms with Gasteiger partial charge in [-0.3, -0.25) is 0 Å². The molecule has 29 heavy (non-hydrogen) atoms. The molecule has 1 aliphatic rings. The molecule has 0 aliphatic heterocycles. The first-order valence-electron chi connectivity index (χ1n) is 9.84. The van der Waals surface area contributed by atoms with Gasteiger partial charge in [0.1, 0.15) is 0 Å². The van der Waals surface area contributed by atoms with Crippen LogP contribution in [-0.2, 0) is 18.4 Å². The van der Waals surface area contributed by atoms with Crippen molar-refractivity contribution in [3.8, 4) is 0 Å². The smallest absolute Gasteiger partial charge is 1.00 e. The average Bonchev–Trinajstić information content (AvgIpc) is 2.85. The van der Waals surface area contributed by atoms with Gasteiger partial charge in [0, 0.05) is 0 Å². The molecular weight excluding hydrogens is 466 g/mol. The first kappa shape index (κ1) is 26.9. The average molecular weight is 497 g/mol. The monoisotopic (exact) mass is 496 g/mol. The summed E-state index contributed by atoms with van der Waals surface area (Å²) in [5, 5.41) is 3.09. The van der Waals surface area contributed by atoms with Gasteiger partial charge in [-0.2, -0.15) is 0 Å². The van der Waals surface area contributed by atoms with E-state index in [0.29, 0.717) is 5.92 Å². The Labute approximate surface area is 200 Å². The predicted octanol–water partition coefficient (Wildman–Crippen LogP) is 0.214. The second kappa shape index (κ2) is 11.5. The van der Waals surface area contributed by atoms with Crippen molar-refractivity contribution < 1.29 is 43.2 Å². The van der Waals surface area contributed by atoms with E-state index in [0.717, 1.165) is 0 Å². The summed E-state index contributed by atoms with van der Waals surface area (Å²) in [6, 6.07) is 22.5. The molecule has 0 saturated heterocycles. The van der Waals surface area contributed by atoms with E-state index in [1.807, 2.05) is 3.88 Å². The second-order valence-corrected chi connectivity index (χ2v) is 23.9. The van der Waals surface area contributed by atoms with Gasteiger partial charge in [-0.25, -0.2) is 0 Å². The summed E-state index contributed by atoms with van der Waals surface area (Å²) >= 11 is -0.0495. The maximum absolute atomic E-state index is 2.66. The van der Waals surface area contributed by atoms with E-state index in [-0.39, 0.29) is 51.1 Å². The van der Waals surface area contributed by atoms with Crippen molar-refractivity contribution >= 4 is 24.5 Å². The summed E-state index contributed by atoms with van der Waals surface area (Å²) in [5.41, 5.74) is 4.81. The maximum Gasteiger partial charge on any atom is -1.00 e. The zero-order chi connectivity index (χ0) is 19.6. The molecule has 1 atom stereocenters. The van der Waals surface area contributed by atoms with Gasteiger partial charge in [0.25, 0.3) is 0 Å². The molecule has 2 aromatic rings. The van der Waals surface area contributed by atoms with Crippen molar-refractivity contribution in [1.82, 2.24) is 0 Å². The Bertz CT molecular complexity index is 823. The minimum Gasteiger partial charge on any atom is -1.00 e. The van der Waals surface area contributed by atoms with Crippen molar-refractivity contribution in [3.63, 3.8) is 0 Å². The van der Waals surface area contributed by atoms with Crippen LogP contribution >= 0.6 is 7.92 Å². The van der Waals surface area contributed by atoms with E-state index in [9.17, 15) is 0 Å². The Hall–Kier alpha value is -0.139. The van der Waals surface area contributed by atoms with Crippen LogP contribution < -0.4 is 35.4 Å². The molecule has 0 radical (unpaired) electrons. The first-order valence-corrected chi connectivity index (χ1v) is 17.7. The molecule has 0 aromatic heterocycles. The SMILES string of the molecule is CC1=C(C)C(C)[C]([Ti+2][Si](C)(C)CP(c2ccccc2)c2ccccc2)=C1C.[Cl-].[Cl-]. The van der Waals surface area contributed by atoms with Crippen LogP contribution in [0.1, 0.15) is 27.7 Å². The van der Waals surface area contributed by atoms with Crippen LogP contribution in [0.25, 0.3) is 0 Å². The molecule has 3 rings (SSSR count). The van der Waals surface area contributed by atoms with E-state index < -0.39 is 5.94 Å². The summed E-state index contributed by atoms with van der Waals surface area (Å²) in [6.07, 6.45) is 0. The molecule has 0 N–H and O–H groups in total. The maximum atomic E-state index is 2.66. The van der Waals surface area contributed by atoms with Gasteiger partial charge in [-0.05, 0) is 0 Å². The fraction of sp³-hybridized carbons (Fsp3) is 0.333. The van der Waals surface area contributed by atoms with Gasteiger partial charge in [0.05, 0.1) is 0 Å². The van der Waals surface area contributed by atoms with Crippen LogP contribution in [-0.4, -0.2) is 11.7 Å². The number of halogens is 2. The van der Waals surface area contributed by atoms with E-state index in [1.165, 1.54) is 5.79 Å². The minimum atomic E-state index is -1.27. The Morgan fingerprint density at radius 2 is 1.24 bits per heavy atom. The molecular formula is C24H31Cl2PSiTi. The van der Waals surface area contributed by atoms with Gasteiger partial charge < -0.3 is 24.8 Å². The van der Waals surface area contributed by atoms with Crippen LogP contribution in [0.5, 0.6) is 0 Å². The quantitative estimate of drug-likeness (QED) is 0.396. The van der Waals surface area contributed by atoms with Crippen LogP contribution in [0.2, 0.25) is 13.1 Å². The third-order valence-corrected chi connectivity index (χ3v) is 20.9. The minimum absolute atomic E-state index is 0. The number of allylic oxidation sites excluding steroid dienone is 4. The van der Waals surface area contributed by atoms with Crippen molar-refractivity contribution in [3.05, 3.63) is 81.3 Å². The fourth-order valence-corrected chi connectivity index (χ4v) is 20.6. The van der Waals surface area contributed by atoms with E-state index in [4.69, 9.17) is 0 Å². The number of hydrogen-bond acceptors (Lipinski definition) is 0. The molecule has 5 heteroatoms. The Balaban J connectivity index is 0.00000210. The molecule has 154 valence electrons. The van der Waals surface area contributed by atoms with Gasteiger partial charge in [0.2, 0.25) is 0 Å². The standard InChI is InChI=1S/C15H18PSi.C9H13.2ClH.Ti/c1-17(2)13-16(14-9-5-3-6-10-14)15-11-7-4-8-12-15;1-6-5-7(2)9(4)8(6)3;;;/h3-12H,13H2,1-2H3;6H,1-4H3;2*1H;/q;;;;+2/p-2. The van der Waals surface area contributed by atoms with Crippen molar-refractivity contribution in [2.24, 2.45) is 5.92 Å². The van der Waals surface area contributed by atoms with Gasteiger partial charge in [-0.15, -0.1) is 0 Å². The van der Waals surface area contributed by atoms with E-state index in [1.54, 1.807) is 27.3 Å². The van der Waals surface area contributed by atoms with Crippen molar-refractivity contribution in [2.75, 3.05) is 5.79 Å². The Morgan fingerprint density at radius 1 is 0.793 bits per heavy atom. The predicted molar refractivity (Wildman–Crippen MR) is 122 cm³/mol. The first-order chi connectivity index (χ1) is 12.8. The van der Waals surface area contributed by atoms with Crippen LogP contribution in [0.3, 0.4) is 0 Å². The molecule has 0 fully saturated rings. The second-order valence-electron chi connectivity index (χ2n) is 8.33.